The van der Waals surface area contributed by atoms with Gasteiger partial charge in [-0.25, -0.2) is 4.79 Å². The first-order valence-electron chi connectivity index (χ1n) is 8.09. The molecule has 3 heteroatoms. The lowest BCUT2D eigenvalue weighted by atomic mass is 10.0. The van der Waals surface area contributed by atoms with Crippen LogP contribution in [-0.4, -0.2) is 29.6 Å². The molecule has 3 nitrogen and oxygen atoms in total. The number of likely N-dealkylation sites (tertiary alicyclic amines) is 1. The first kappa shape index (κ1) is 16.6. The number of esters is 1. The molecule has 2 rings (SSSR count). The standard InChI is InChI=1S/C19H25NO2/c1-4-19(3,5-2)22-18(21)17(16-12-8-6-9-13-16)20-14-10-7-11-15-20/h1,6,8-9,12-13,17H,5,7,10-11,14-15H2,2-3H3. The summed E-state index contributed by atoms with van der Waals surface area (Å²) in [7, 11) is 0. The molecule has 118 valence electrons. The lowest BCUT2D eigenvalue weighted by Crippen LogP contribution is -2.41. The van der Waals surface area contributed by atoms with Crippen molar-refractivity contribution in [2.24, 2.45) is 0 Å². The fourth-order valence-electron chi connectivity index (χ4n) is 2.79. The third kappa shape index (κ3) is 3.90. The van der Waals surface area contributed by atoms with Crippen LogP contribution in [0.1, 0.15) is 51.1 Å². The Balaban J connectivity index is 2.24. The maximum atomic E-state index is 12.8. The van der Waals surface area contributed by atoms with Crippen molar-refractivity contribution in [3.8, 4) is 12.3 Å². The van der Waals surface area contributed by atoms with E-state index in [-0.39, 0.29) is 12.0 Å². The summed E-state index contributed by atoms with van der Waals surface area (Å²) in [5.74, 6) is 2.37. The van der Waals surface area contributed by atoms with E-state index in [0.29, 0.717) is 6.42 Å². The highest BCUT2D eigenvalue weighted by Gasteiger charge is 2.34. The monoisotopic (exact) mass is 299 g/mol. The number of rotatable bonds is 5. The minimum absolute atomic E-state index is 0.240. The van der Waals surface area contributed by atoms with Crippen LogP contribution in [-0.2, 0) is 9.53 Å². The van der Waals surface area contributed by atoms with Gasteiger partial charge < -0.3 is 4.74 Å². The van der Waals surface area contributed by atoms with Crippen LogP contribution in [0.25, 0.3) is 0 Å². The molecule has 0 spiro atoms. The zero-order valence-corrected chi connectivity index (χ0v) is 13.5. The smallest absolute Gasteiger partial charge is 0.329 e. The molecule has 1 aromatic rings. The fourth-order valence-corrected chi connectivity index (χ4v) is 2.79. The minimum Gasteiger partial charge on any atom is -0.445 e. The molecular formula is C19H25NO2. The predicted molar refractivity (Wildman–Crippen MR) is 88.2 cm³/mol. The maximum absolute atomic E-state index is 12.8. The number of benzene rings is 1. The van der Waals surface area contributed by atoms with Crippen LogP contribution in [0.5, 0.6) is 0 Å². The van der Waals surface area contributed by atoms with Crippen LogP contribution in [0, 0.1) is 12.3 Å². The molecule has 1 aliphatic heterocycles. The van der Waals surface area contributed by atoms with Crippen LogP contribution in [0.3, 0.4) is 0 Å². The normalized spacial score (nSPS) is 19.7. The molecule has 0 bridgehead atoms. The average molecular weight is 299 g/mol. The van der Waals surface area contributed by atoms with E-state index in [0.717, 1.165) is 31.5 Å². The topological polar surface area (TPSA) is 29.5 Å². The average Bonchev–Trinajstić information content (AvgIpc) is 2.57. The van der Waals surface area contributed by atoms with E-state index in [4.69, 9.17) is 11.2 Å². The molecule has 0 saturated carbocycles. The van der Waals surface area contributed by atoms with E-state index < -0.39 is 5.60 Å². The first-order valence-corrected chi connectivity index (χ1v) is 8.09. The molecule has 1 saturated heterocycles. The van der Waals surface area contributed by atoms with Crippen LogP contribution in [0.4, 0.5) is 0 Å². The second-order valence-corrected chi connectivity index (χ2v) is 6.06. The lowest BCUT2D eigenvalue weighted by molar-refractivity contribution is -0.160. The van der Waals surface area contributed by atoms with Gasteiger partial charge in [-0.05, 0) is 44.8 Å². The minimum atomic E-state index is -0.833. The van der Waals surface area contributed by atoms with Gasteiger partial charge in [0.1, 0.15) is 6.04 Å². The van der Waals surface area contributed by atoms with Crippen molar-refractivity contribution in [1.29, 1.82) is 0 Å². The number of carbonyl (C=O) groups is 1. The summed E-state index contributed by atoms with van der Waals surface area (Å²) in [5, 5.41) is 0. The molecule has 0 amide bonds. The van der Waals surface area contributed by atoms with Crippen molar-refractivity contribution < 1.29 is 9.53 Å². The molecule has 2 atom stereocenters. The number of hydrogen-bond donors (Lipinski definition) is 0. The Bertz CT molecular complexity index is 528. The molecule has 0 aromatic heterocycles. The molecule has 0 radical (unpaired) electrons. The zero-order valence-electron chi connectivity index (χ0n) is 13.5. The number of terminal acetylenes is 1. The van der Waals surface area contributed by atoms with Crippen LogP contribution in [0.15, 0.2) is 30.3 Å². The summed E-state index contributed by atoms with van der Waals surface area (Å²) in [6, 6.07) is 9.49. The SMILES string of the molecule is C#CC(C)(CC)OC(=O)C(c1ccccc1)N1CCCCC1. The summed E-state index contributed by atoms with van der Waals surface area (Å²) < 4.78 is 5.69. The number of carbonyl (C=O) groups excluding carboxylic acids is 1. The van der Waals surface area contributed by atoms with Gasteiger partial charge in [0.05, 0.1) is 0 Å². The Morgan fingerprint density at radius 1 is 1.32 bits per heavy atom. The van der Waals surface area contributed by atoms with Gasteiger partial charge in [-0.2, -0.15) is 0 Å². The number of nitrogens with zero attached hydrogens (tertiary/aromatic N) is 1. The van der Waals surface area contributed by atoms with Gasteiger partial charge in [0.15, 0.2) is 5.60 Å². The van der Waals surface area contributed by atoms with Crippen LogP contribution >= 0.6 is 0 Å². The predicted octanol–water partition coefficient (Wildman–Crippen LogP) is 3.56. The van der Waals surface area contributed by atoms with E-state index in [9.17, 15) is 4.79 Å². The van der Waals surface area contributed by atoms with Crippen molar-refractivity contribution in [3.05, 3.63) is 35.9 Å². The highest BCUT2D eigenvalue weighted by Crippen LogP contribution is 2.28. The Labute approximate surface area is 133 Å². The number of piperidine rings is 1. The third-order valence-corrected chi connectivity index (χ3v) is 4.40. The van der Waals surface area contributed by atoms with Crippen LogP contribution < -0.4 is 0 Å². The molecule has 1 heterocycles. The maximum Gasteiger partial charge on any atom is 0.329 e. The first-order chi connectivity index (χ1) is 10.6. The van der Waals surface area contributed by atoms with Gasteiger partial charge in [0.2, 0.25) is 0 Å². The fraction of sp³-hybridized carbons (Fsp3) is 0.526. The summed E-state index contributed by atoms with van der Waals surface area (Å²) in [6.45, 7) is 5.58. The van der Waals surface area contributed by atoms with E-state index in [2.05, 4.69) is 10.8 Å². The van der Waals surface area contributed by atoms with Crippen molar-refractivity contribution in [3.63, 3.8) is 0 Å². The Hall–Kier alpha value is -1.79. The van der Waals surface area contributed by atoms with Gasteiger partial charge in [-0.15, -0.1) is 6.42 Å². The number of ether oxygens (including phenoxy) is 1. The summed E-state index contributed by atoms with van der Waals surface area (Å²) in [5.41, 5.74) is 0.143. The highest BCUT2D eigenvalue weighted by atomic mass is 16.6. The molecular weight excluding hydrogens is 274 g/mol. The van der Waals surface area contributed by atoms with Gasteiger partial charge in [0.25, 0.3) is 0 Å². The Morgan fingerprint density at radius 3 is 2.50 bits per heavy atom. The Kier molecular flexibility index (Phi) is 5.63. The molecule has 0 aliphatic carbocycles. The van der Waals surface area contributed by atoms with Gasteiger partial charge in [0, 0.05) is 0 Å². The molecule has 1 aromatic carbocycles. The lowest BCUT2D eigenvalue weighted by Gasteiger charge is -2.35. The Morgan fingerprint density at radius 2 is 1.95 bits per heavy atom. The van der Waals surface area contributed by atoms with E-state index in [1.807, 2.05) is 37.3 Å². The summed E-state index contributed by atoms with van der Waals surface area (Å²) in [6.07, 6.45) is 9.62. The molecule has 0 N–H and O–H groups in total. The molecule has 2 unspecified atom stereocenters. The molecule has 1 aliphatic rings. The van der Waals surface area contributed by atoms with Gasteiger partial charge in [-0.3, -0.25) is 4.90 Å². The van der Waals surface area contributed by atoms with E-state index in [1.165, 1.54) is 6.42 Å². The molecule has 1 fully saturated rings. The quantitative estimate of drug-likeness (QED) is 0.615. The molecule has 22 heavy (non-hydrogen) atoms. The van der Waals surface area contributed by atoms with Crippen molar-refractivity contribution in [2.45, 2.75) is 51.2 Å². The van der Waals surface area contributed by atoms with E-state index in [1.54, 1.807) is 6.92 Å². The van der Waals surface area contributed by atoms with Gasteiger partial charge in [-0.1, -0.05) is 49.6 Å². The third-order valence-electron chi connectivity index (χ3n) is 4.40. The second-order valence-electron chi connectivity index (χ2n) is 6.06. The van der Waals surface area contributed by atoms with E-state index >= 15 is 0 Å². The second kappa shape index (κ2) is 7.47. The summed E-state index contributed by atoms with van der Waals surface area (Å²) >= 11 is 0. The van der Waals surface area contributed by atoms with Crippen molar-refractivity contribution in [1.82, 2.24) is 4.90 Å². The summed E-state index contributed by atoms with van der Waals surface area (Å²) in [4.78, 5) is 15.0. The number of hydrogen-bond acceptors (Lipinski definition) is 3. The zero-order chi connectivity index (χ0) is 16.0. The highest BCUT2D eigenvalue weighted by molar-refractivity contribution is 5.78. The van der Waals surface area contributed by atoms with Crippen LogP contribution in [0.2, 0.25) is 0 Å². The van der Waals surface area contributed by atoms with Gasteiger partial charge >= 0.3 is 5.97 Å². The van der Waals surface area contributed by atoms with Crippen molar-refractivity contribution >= 4 is 5.97 Å². The van der Waals surface area contributed by atoms with Crippen molar-refractivity contribution in [2.75, 3.05) is 13.1 Å². The largest absolute Gasteiger partial charge is 0.445 e.